The van der Waals surface area contributed by atoms with Gasteiger partial charge in [0.2, 0.25) is 0 Å². The van der Waals surface area contributed by atoms with Gasteiger partial charge in [0.15, 0.2) is 27.4 Å². The number of fused-ring (bicyclic) bond motifs is 1. The molecule has 0 bridgehead atoms. The number of Topliss-reactive ketones (excluding diaryl/α,β-unsaturated/α-hetero) is 1. The van der Waals surface area contributed by atoms with Gasteiger partial charge in [-0.2, -0.15) is 0 Å². The number of piperazine rings is 1. The second-order valence-electron chi connectivity index (χ2n) is 13.1. The lowest BCUT2D eigenvalue weighted by molar-refractivity contribution is -0.136. The fourth-order valence-corrected chi connectivity index (χ4v) is 8.04. The topological polar surface area (TPSA) is 130 Å². The summed E-state index contributed by atoms with van der Waals surface area (Å²) in [6, 6.07) is 10.3. The van der Waals surface area contributed by atoms with Gasteiger partial charge in [-0.15, -0.1) is 22.7 Å². The van der Waals surface area contributed by atoms with Gasteiger partial charge < -0.3 is 19.7 Å². The summed E-state index contributed by atoms with van der Waals surface area (Å²) in [5.74, 6) is -0.115. The van der Waals surface area contributed by atoms with E-state index < -0.39 is 23.4 Å². The molecule has 1 N–H and O–H groups in total. The Bertz CT molecular complexity index is 2090. The molecule has 0 aliphatic carbocycles. The number of hydrogen-bond acceptors (Lipinski definition) is 12. The summed E-state index contributed by atoms with van der Waals surface area (Å²) in [4.78, 5) is 58.7. The van der Waals surface area contributed by atoms with Gasteiger partial charge in [-0.3, -0.25) is 19.6 Å². The monoisotopic (exact) mass is 763 g/mol. The van der Waals surface area contributed by atoms with E-state index in [2.05, 4.69) is 15.2 Å². The van der Waals surface area contributed by atoms with Crippen LogP contribution in [0.15, 0.2) is 75.7 Å². The smallest absolute Gasteiger partial charge is 0.338 e. The van der Waals surface area contributed by atoms with Gasteiger partial charge in [-0.25, -0.2) is 23.9 Å². The number of amidine groups is 1. The number of anilines is 1. The second kappa shape index (κ2) is 14.4. The van der Waals surface area contributed by atoms with E-state index in [-0.39, 0.29) is 28.5 Å². The summed E-state index contributed by atoms with van der Waals surface area (Å²) in [6.07, 6.45) is 1.67. The highest BCUT2D eigenvalue weighted by molar-refractivity contribution is 7.14. The van der Waals surface area contributed by atoms with Crippen LogP contribution in [0.3, 0.4) is 0 Å². The molecule has 2 amide bonds. The Balaban J connectivity index is 1.09. The number of benzene rings is 2. The molecule has 3 aliphatic heterocycles. The van der Waals surface area contributed by atoms with Crippen LogP contribution in [0.25, 0.3) is 11.3 Å². The third-order valence-electron chi connectivity index (χ3n) is 9.34. The first kappa shape index (κ1) is 35.7. The van der Waals surface area contributed by atoms with Crippen LogP contribution in [0.2, 0.25) is 5.02 Å². The molecule has 0 spiro atoms. The minimum absolute atomic E-state index is 0.0692. The first-order valence-corrected chi connectivity index (χ1v) is 18.6. The van der Waals surface area contributed by atoms with Crippen LogP contribution in [0.1, 0.15) is 37.4 Å². The average Bonchev–Trinajstić information content (AvgIpc) is 3.89. The highest BCUT2D eigenvalue weighted by Crippen LogP contribution is 2.38. The van der Waals surface area contributed by atoms with Gasteiger partial charge in [0, 0.05) is 65.0 Å². The van der Waals surface area contributed by atoms with Crippen molar-refractivity contribution in [2.45, 2.75) is 38.5 Å². The van der Waals surface area contributed by atoms with E-state index in [1.807, 2.05) is 27.8 Å². The van der Waals surface area contributed by atoms with Crippen molar-refractivity contribution < 1.29 is 28.2 Å². The Kier molecular flexibility index (Phi) is 9.87. The number of aromatic nitrogens is 2. The van der Waals surface area contributed by atoms with Crippen LogP contribution in [0.4, 0.5) is 14.3 Å². The summed E-state index contributed by atoms with van der Waals surface area (Å²) in [7, 11) is 1.30. The molecule has 0 radical (unpaired) electrons. The third kappa shape index (κ3) is 7.05. The number of urea groups is 1. The molecular weight excluding hydrogens is 729 g/mol. The largest absolute Gasteiger partial charge is 0.480 e. The molecule has 270 valence electrons. The number of methoxy groups -OCH3 is 1. The number of carbonyl (C=O) groups excluding carboxylic acids is 3. The summed E-state index contributed by atoms with van der Waals surface area (Å²) in [5.41, 5.74) is 1.96. The van der Waals surface area contributed by atoms with E-state index in [1.165, 1.54) is 54.9 Å². The van der Waals surface area contributed by atoms with E-state index >= 15 is 0 Å². The Hall–Kier alpha value is -4.70. The van der Waals surface area contributed by atoms with Crippen LogP contribution < -0.4 is 15.0 Å². The van der Waals surface area contributed by atoms with Crippen molar-refractivity contribution in [2.24, 2.45) is 4.99 Å². The number of nitrogens with zero attached hydrogens (tertiary/aromatic N) is 6. The summed E-state index contributed by atoms with van der Waals surface area (Å²) in [6.45, 7) is 7.32. The predicted octanol–water partition coefficient (Wildman–Crippen LogP) is 5.95. The zero-order valence-corrected chi connectivity index (χ0v) is 31.1. The SMILES string of the molecule is COC(=O)C1=C(CN2CCN3C(=O)N(c4nc(-c5ccc(OC(C)(C)C(C)=O)cc5)cs4)C[C@@H]3C2)NC(c2nccs2)=N[C@H]1c1ccc(F)cc1Cl. The molecule has 0 saturated carbocycles. The normalized spacial score (nSPS) is 19.3. The minimum atomic E-state index is -0.930. The lowest BCUT2D eigenvalue weighted by Gasteiger charge is -2.38. The molecule has 0 unspecified atom stereocenters. The van der Waals surface area contributed by atoms with Crippen molar-refractivity contribution in [3.8, 4) is 17.0 Å². The number of rotatable bonds is 10. The molecule has 2 saturated heterocycles. The fraction of sp³-hybridized carbons (Fsp3) is 0.333. The number of thiazole rings is 2. The van der Waals surface area contributed by atoms with E-state index in [1.54, 1.807) is 37.1 Å². The molecule has 12 nitrogen and oxygen atoms in total. The molecule has 4 aromatic rings. The molecule has 2 atom stereocenters. The highest BCUT2D eigenvalue weighted by atomic mass is 35.5. The summed E-state index contributed by atoms with van der Waals surface area (Å²) < 4.78 is 25.1. The van der Waals surface area contributed by atoms with E-state index in [0.29, 0.717) is 65.7 Å². The van der Waals surface area contributed by atoms with Gasteiger partial charge in [0.25, 0.3) is 0 Å². The third-order valence-corrected chi connectivity index (χ3v) is 11.3. The highest BCUT2D eigenvalue weighted by Gasteiger charge is 2.43. The zero-order chi connectivity index (χ0) is 36.7. The molecule has 52 heavy (non-hydrogen) atoms. The van der Waals surface area contributed by atoms with Gasteiger partial charge in [-0.1, -0.05) is 17.7 Å². The number of halogens is 2. The number of esters is 1. The second-order valence-corrected chi connectivity index (χ2v) is 15.2. The molecule has 16 heteroatoms. The molecular formula is C36H35ClFN7O5S2. The van der Waals surface area contributed by atoms with E-state index in [0.717, 1.165) is 11.3 Å². The number of aliphatic imine (C=N–C) groups is 1. The predicted molar refractivity (Wildman–Crippen MR) is 198 cm³/mol. The van der Waals surface area contributed by atoms with Crippen molar-refractivity contribution in [2.75, 3.05) is 44.7 Å². The maximum absolute atomic E-state index is 14.1. The lowest BCUT2D eigenvalue weighted by atomic mass is 9.95. The average molecular weight is 764 g/mol. The zero-order valence-electron chi connectivity index (χ0n) is 28.8. The summed E-state index contributed by atoms with van der Waals surface area (Å²) in [5, 5.41) is 8.45. The Morgan fingerprint density at radius 2 is 1.90 bits per heavy atom. The molecule has 2 fully saturated rings. The Morgan fingerprint density at radius 1 is 1.12 bits per heavy atom. The van der Waals surface area contributed by atoms with Crippen molar-refractivity contribution in [1.29, 1.82) is 0 Å². The summed E-state index contributed by atoms with van der Waals surface area (Å²) >= 11 is 9.30. The molecule has 2 aromatic carbocycles. The van der Waals surface area contributed by atoms with Crippen molar-refractivity contribution in [3.05, 3.63) is 92.1 Å². The van der Waals surface area contributed by atoms with E-state index in [4.69, 9.17) is 31.1 Å². The van der Waals surface area contributed by atoms with Gasteiger partial charge in [0.05, 0.1) is 31.0 Å². The van der Waals surface area contributed by atoms with Crippen molar-refractivity contribution in [3.63, 3.8) is 0 Å². The minimum Gasteiger partial charge on any atom is -0.480 e. The Morgan fingerprint density at radius 3 is 2.60 bits per heavy atom. The van der Waals surface area contributed by atoms with Gasteiger partial charge in [-0.05, 0) is 57.2 Å². The number of hydrogen-bond donors (Lipinski definition) is 1. The fourth-order valence-electron chi connectivity index (χ4n) is 6.35. The lowest BCUT2D eigenvalue weighted by Crippen LogP contribution is -2.53. The van der Waals surface area contributed by atoms with Crippen LogP contribution in [-0.4, -0.2) is 94.9 Å². The van der Waals surface area contributed by atoms with Crippen LogP contribution in [-0.2, 0) is 14.3 Å². The van der Waals surface area contributed by atoms with Crippen LogP contribution in [0, 0.1) is 5.82 Å². The number of ketones is 1. The van der Waals surface area contributed by atoms with Gasteiger partial charge in [0.1, 0.15) is 17.6 Å². The Labute approximate surface area is 312 Å². The molecule has 3 aliphatic rings. The molecule has 5 heterocycles. The standard InChI is InChI=1S/C36H35ClFN7O5S2/c1-20(46)36(2,3)50-24-8-5-21(6-9-24)28-19-52-34(41-28)45-17-23-16-43(12-13-44(23)35(45)48)18-27-29(33(47)49-4)30(25-10-7-22(38)15-26(25)37)42-31(40-27)32-39-11-14-51-32/h5-11,14-15,19,23,30H,12-13,16-18H2,1-4H3,(H,40,42)/t23-,30-/m0/s1. The number of amides is 2. The molecule has 7 rings (SSSR count). The first-order valence-electron chi connectivity index (χ1n) is 16.5. The van der Waals surface area contributed by atoms with Gasteiger partial charge >= 0.3 is 12.0 Å². The van der Waals surface area contributed by atoms with Crippen molar-refractivity contribution in [1.82, 2.24) is 25.1 Å². The van der Waals surface area contributed by atoms with Crippen LogP contribution >= 0.6 is 34.3 Å². The molecule has 2 aromatic heterocycles. The maximum Gasteiger partial charge on any atom is 0.338 e. The van der Waals surface area contributed by atoms with Crippen molar-refractivity contribution >= 4 is 63.0 Å². The van der Waals surface area contributed by atoms with Crippen LogP contribution in [0.5, 0.6) is 5.75 Å². The maximum atomic E-state index is 14.1. The number of carbonyl (C=O) groups is 3. The number of nitrogens with one attached hydrogen (secondary N) is 1. The number of ether oxygens (including phenoxy) is 2. The first-order chi connectivity index (χ1) is 24.9. The quantitative estimate of drug-likeness (QED) is 0.195. The van der Waals surface area contributed by atoms with E-state index in [9.17, 15) is 18.8 Å².